The first kappa shape index (κ1) is 14.1. The van der Waals surface area contributed by atoms with Crippen LogP contribution in [0, 0.1) is 5.41 Å². The van der Waals surface area contributed by atoms with Gasteiger partial charge >= 0.3 is 0 Å². The number of hydrogen-bond donors (Lipinski definition) is 2. The van der Waals surface area contributed by atoms with Gasteiger partial charge in [-0.2, -0.15) is 0 Å². The fraction of sp³-hybridized carbons (Fsp3) is 0.714. The summed E-state index contributed by atoms with van der Waals surface area (Å²) in [5.74, 6) is 2.64. The van der Waals surface area contributed by atoms with Gasteiger partial charge in [0.05, 0.1) is 0 Å². The summed E-state index contributed by atoms with van der Waals surface area (Å²) in [4.78, 5) is 8.92. The summed E-state index contributed by atoms with van der Waals surface area (Å²) < 4.78 is 5.43. The van der Waals surface area contributed by atoms with Crippen LogP contribution in [0.2, 0.25) is 0 Å². The van der Waals surface area contributed by atoms with Crippen molar-refractivity contribution >= 4 is 11.6 Å². The van der Waals surface area contributed by atoms with E-state index in [1.165, 1.54) is 0 Å². The highest BCUT2D eigenvalue weighted by Gasteiger charge is 2.27. The third-order valence-corrected chi connectivity index (χ3v) is 3.74. The van der Waals surface area contributed by atoms with Gasteiger partial charge in [0.2, 0.25) is 0 Å². The zero-order valence-electron chi connectivity index (χ0n) is 12.1. The molecule has 106 valence electrons. The van der Waals surface area contributed by atoms with Crippen LogP contribution in [0.25, 0.3) is 0 Å². The molecule has 0 amide bonds. The first-order valence-corrected chi connectivity index (χ1v) is 7.02. The fourth-order valence-corrected chi connectivity index (χ4v) is 2.22. The van der Waals surface area contributed by atoms with Crippen LogP contribution in [-0.4, -0.2) is 36.8 Å². The highest BCUT2D eigenvalue weighted by atomic mass is 16.5. The van der Waals surface area contributed by atoms with Crippen molar-refractivity contribution in [2.45, 2.75) is 33.1 Å². The highest BCUT2D eigenvalue weighted by molar-refractivity contribution is 5.47. The first-order valence-electron chi connectivity index (χ1n) is 7.02. The molecule has 2 N–H and O–H groups in total. The molecule has 1 aromatic heterocycles. The number of nitrogens with one attached hydrogen (secondary N) is 2. The molecule has 0 radical (unpaired) electrons. The molecule has 0 aliphatic carbocycles. The quantitative estimate of drug-likeness (QED) is 0.854. The Morgan fingerprint density at radius 2 is 1.95 bits per heavy atom. The molecule has 2 heterocycles. The summed E-state index contributed by atoms with van der Waals surface area (Å²) in [6.07, 6.45) is 3.05. The number of nitrogens with zero attached hydrogens (tertiary/aromatic N) is 2. The molecule has 0 atom stereocenters. The molecule has 1 fully saturated rings. The molecule has 0 bridgehead atoms. The molecule has 0 unspecified atom stereocenters. The fourth-order valence-electron chi connectivity index (χ4n) is 2.22. The van der Waals surface area contributed by atoms with Crippen molar-refractivity contribution in [3.8, 4) is 0 Å². The average molecular weight is 264 g/mol. The zero-order chi connectivity index (χ0) is 13.7. The van der Waals surface area contributed by atoms with Crippen molar-refractivity contribution in [3.05, 3.63) is 11.9 Å². The summed E-state index contributed by atoms with van der Waals surface area (Å²) >= 11 is 0. The minimum absolute atomic E-state index is 0.301. The lowest BCUT2D eigenvalue weighted by atomic mass is 9.82. The van der Waals surface area contributed by atoms with Crippen LogP contribution in [-0.2, 0) is 11.2 Å². The van der Waals surface area contributed by atoms with Crippen LogP contribution in [0.4, 0.5) is 11.6 Å². The Morgan fingerprint density at radius 1 is 1.26 bits per heavy atom. The van der Waals surface area contributed by atoms with E-state index in [4.69, 9.17) is 4.74 Å². The lowest BCUT2D eigenvalue weighted by molar-refractivity contribution is 0.0300. The van der Waals surface area contributed by atoms with Crippen LogP contribution in [0.5, 0.6) is 0 Å². The normalized spacial score (nSPS) is 18.1. The Bertz CT molecular complexity index is 394. The van der Waals surface area contributed by atoms with Gasteiger partial charge < -0.3 is 15.4 Å². The van der Waals surface area contributed by atoms with E-state index in [2.05, 4.69) is 34.4 Å². The summed E-state index contributed by atoms with van der Waals surface area (Å²) in [6, 6.07) is 1.96. The van der Waals surface area contributed by atoms with Gasteiger partial charge in [0, 0.05) is 39.3 Å². The Hall–Kier alpha value is -1.36. The van der Waals surface area contributed by atoms with E-state index in [0.29, 0.717) is 5.41 Å². The van der Waals surface area contributed by atoms with Gasteiger partial charge in [0.15, 0.2) is 0 Å². The topological polar surface area (TPSA) is 59.1 Å². The predicted molar refractivity (Wildman–Crippen MR) is 77.6 cm³/mol. The molecule has 1 aromatic rings. The molecule has 19 heavy (non-hydrogen) atoms. The molecule has 1 aliphatic rings. The predicted octanol–water partition coefficient (Wildman–Crippen LogP) is 2.31. The molecule has 1 saturated heterocycles. The molecule has 0 spiro atoms. The Kier molecular flexibility index (Phi) is 4.58. The van der Waals surface area contributed by atoms with E-state index in [-0.39, 0.29) is 0 Å². The van der Waals surface area contributed by atoms with Gasteiger partial charge in [-0.1, -0.05) is 13.8 Å². The summed E-state index contributed by atoms with van der Waals surface area (Å²) in [5, 5.41) is 6.54. The first-order chi connectivity index (χ1) is 9.15. The van der Waals surface area contributed by atoms with Crippen molar-refractivity contribution in [3.63, 3.8) is 0 Å². The minimum Gasteiger partial charge on any atom is -0.381 e. The second-order valence-electron chi connectivity index (χ2n) is 5.43. The SMILES string of the molecule is CCc1nc(NC)cc(NCC2(C)CCOCC2)n1. The standard InChI is InChI=1S/C14H24N4O/c1-4-11-17-12(15-3)9-13(18-11)16-10-14(2)5-7-19-8-6-14/h9H,4-8,10H2,1-3H3,(H2,15,16,17,18). The Morgan fingerprint density at radius 3 is 2.58 bits per heavy atom. The van der Waals surface area contributed by atoms with Gasteiger partial charge in [-0.3, -0.25) is 0 Å². The average Bonchev–Trinajstić information content (AvgIpc) is 2.45. The maximum atomic E-state index is 5.43. The number of rotatable bonds is 5. The third kappa shape index (κ3) is 3.80. The highest BCUT2D eigenvalue weighted by Crippen LogP contribution is 2.29. The largest absolute Gasteiger partial charge is 0.381 e. The van der Waals surface area contributed by atoms with Crippen LogP contribution in [0.3, 0.4) is 0 Å². The van der Waals surface area contributed by atoms with Gasteiger partial charge in [0.25, 0.3) is 0 Å². The van der Waals surface area contributed by atoms with E-state index < -0.39 is 0 Å². The molecule has 2 rings (SSSR count). The van der Waals surface area contributed by atoms with Crippen molar-refractivity contribution in [1.82, 2.24) is 9.97 Å². The number of anilines is 2. The van der Waals surface area contributed by atoms with Gasteiger partial charge in [-0.25, -0.2) is 9.97 Å². The van der Waals surface area contributed by atoms with E-state index in [1.807, 2.05) is 13.1 Å². The smallest absolute Gasteiger partial charge is 0.132 e. The maximum Gasteiger partial charge on any atom is 0.132 e. The van der Waals surface area contributed by atoms with Crippen molar-refractivity contribution in [2.75, 3.05) is 37.4 Å². The van der Waals surface area contributed by atoms with Crippen LogP contribution < -0.4 is 10.6 Å². The van der Waals surface area contributed by atoms with Crippen LogP contribution >= 0.6 is 0 Å². The zero-order valence-corrected chi connectivity index (χ0v) is 12.1. The minimum atomic E-state index is 0.301. The van der Waals surface area contributed by atoms with Crippen molar-refractivity contribution < 1.29 is 4.74 Å². The van der Waals surface area contributed by atoms with E-state index in [9.17, 15) is 0 Å². The van der Waals surface area contributed by atoms with Crippen LogP contribution in [0.15, 0.2) is 6.07 Å². The lowest BCUT2D eigenvalue weighted by Gasteiger charge is -2.33. The van der Waals surface area contributed by atoms with E-state index in [0.717, 1.165) is 56.5 Å². The Balaban J connectivity index is 2.02. The molecule has 0 saturated carbocycles. The summed E-state index contributed by atoms with van der Waals surface area (Å²) in [5.41, 5.74) is 0.301. The van der Waals surface area contributed by atoms with E-state index in [1.54, 1.807) is 0 Å². The lowest BCUT2D eigenvalue weighted by Crippen LogP contribution is -2.33. The second-order valence-corrected chi connectivity index (χ2v) is 5.43. The molecule has 5 nitrogen and oxygen atoms in total. The maximum absolute atomic E-state index is 5.43. The Labute approximate surface area is 115 Å². The number of aromatic nitrogens is 2. The molecule has 5 heteroatoms. The van der Waals surface area contributed by atoms with Crippen LogP contribution in [0.1, 0.15) is 32.5 Å². The van der Waals surface area contributed by atoms with Crippen molar-refractivity contribution in [1.29, 1.82) is 0 Å². The number of aryl methyl sites for hydroxylation is 1. The van der Waals surface area contributed by atoms with Gasteiger partial charge in [-0.05, 0) is 18.3 Å². The third-order valence-electron chi connectivity index (χ3n) is 3.74. The summed E-state index contributed by atoms with van der Waals surface area (Å²) in [7, 11) is 1.88. The number of hydrogen-bond acceptors (Lipinski definition) is 5. The van der Waals surface area contributed by atoms with Gasteiger partial charge in [-0.15, -0.1) is 0 Å². The van der Waals surface area contributed by atoms with E-state index >= 15 is 0 Å². The molecular weight excluding hydrogens is 240 g/mol. The van der Waals surface area contributed by atoms with Gasteiger partial charge in [0.1, 0.15) is 17.5 Å². The molecule has 1 aliphatic heterocycles. The summed E-state index contributed by atoms with van der Waals surface area (Å²) in [6.45, 7) is 7.04. The number of ether oxygens (including phenoxy) is 1. The second kappa shape index (κ2) is 6.19. The molecular formula is C14H24N4O. The van der Waals surface area contributed by atoms with Crippen molar-refractivity contribution in [2.24, 2.45) is 5.41 Å². The monoisotopic (exact) mass is 264 g/mol. The molecule has 0 aromatic carbocycles.